The van der Waals surface area contributed by atoms with E-state index in [4.69, 9.17) is 16.3 Å². The zero-order chi connectivity index (χ0) is 19.7. The SMILES string of the molecule is COc1ccc(-c2cccc(Cl)c2)n2nc(NC(=O)c3ccc(F)cc3)nc12. The quantitative estimate of drug-likeness (QED) is 0.553. The van der Waals surface area contributed by atoms with E-state index in [1.165, 1.54) is 31.4 Å². The van der Waals surface area contributed by atoms with Gasteiger partial charge in [-0.3, -0.25) is 10.1 Å². The van der Waals surface area contributed by atoms with Crippen molar-refractivity contribution in [1.82, 2.24) is 14.6 Å². The van der Waals surface area contributed by atoms with E-state index < -0.39 is 11.7 Å². The predicted molar refractivity (Wildman–Crippen MR) is 104 cm³/mol. The summed E-state index contributed by atoms with van der Waals surface area (Å²) in [4.78, 5) is 16.7. The number of methoxy groups -OCH3 is 1. The first-order chi connectivity index (χ1) is 13.5. The van der Waals surface area contributed by atoms with Crippen molar-refractivity contribution in [2.24, 2.45) is 0 Å². The van der Waals surface area contributed by atoms with Crippen molar-refractivity contribution in [2.75, 3.05) is 12.4 Å². The molecule has 1 amide bonds. The summed E-state index contributed by atoms with van der Waals surface area (Å²) in [7, 11) is 1.53. The molecule has 140 valence electrons. The number of pyridine rings is 1. The first-order valence-corrected chi connectivity index (χ1v) is 8.69. The summed E-state index contributed by atoms with van der Waals surface area (Å²) in [6, 6.07) is 16.1. The monoisotopic (exact) mass is 396 g/mol. The highest BCUT2D eigenvalue weighted by atomic mass is 35.5. The second-order valence-corrected chi connectivity index (χ2v) is 6.37. The van der Waals surface area contributed by atoms with E-state index in [2.05, 4.69) is 15.4 Å². The molecule has 4 rings (SSSR count). The predicted octanol–water partition coefficient (Wildman–Crippen LogP) is 4.45. The topological polar surface area (TPSA) is 68.5 Å². The standard InChI is InChI=1S/C20H14ClFN4O2/c1-28-17-10-9-16(13-3-2-4-14(21)11-13)26-18(17)23-20(25-26)24-19(27)12-5-7-15(22)8-6-12/h2-11H,1H3,(H,24,25,27). The van der Waals surface area contributed by atoms with Crippen LogP contribution < -0.4 is 10.1 Å². The number of carbonyl (C=O) groups excluding carboxylic acids is 1. The van der Waals surface area contributed by atoms with E-state index >= 15 is 0 Å². The van der Waals surface area contributed by atoms with Crippen LogP contribution in [0.5, 0.6) is 5.75 Å². The molecule has 6 nitrogen and oxygen atoms in total. The van der Waals surface area contributed by atoms with Gasteiger partial charge in [0.25, 0.3) is 5.91 Å². The Labute approximate surface area is 164 Å². The molecule has 0 saturated heterocycles. The number of nitrogens with one attached hydrogen (secondary N) is 1. The summed E-state index contributed by atoms with van der Waals surface area (Å²) >= 11 is 6.10. The third-order valence-corrected chi connectivity index (χ3v) is 4.36. The average Bonchev–Trinajstić information content (AvgIpc) is 3.11. The van der Waals surface area contributed by atoms with Gasteiger partial charge in [0.2, 0.25) is 5.95 Å². The van der Waals surface area contributed by atoms with Crippen LogP contribution in [-0.4, -0.2) is 27.6 Å². The maximum atomic E-state index is 13.1. The van der Waals surface area contributed by atoms with Crippen LogP contribution in [0.25, 0.3) is 16.9 Å². The zero-order valence-electron chi connectivity index (χ0n) is 14.7. The first-order valence-electron chi connectivity index (χ1n) is 8.32. The van der Waals surface area contributed by atoms with E-state index in [0.717, 1.165) is 11.3 Å². The smallest absolute Gasteiger partial charge is 0.258 e. The van der Waals surface area contributed by atoms with Crippen LogP contribution in [0.2, 0.25) is 5.02 Å². The molecule has 0 atom stereocenters. The minimum Gasteiger partial charge on any atom is -0.493 e. The van der Waals surface area contributed by atoms with E-state index in [1.54, 1.807) is 22.7 Å². The normalized spacial score (nSPS) is 10.8. The maximum Gasteiger partial charge on any atom is 0.258 e. The van der Waals surface area contributed by atoms with Crippen molar-refractivity contribution in [3.63, 3.8) is 0 Å². The molecule has 2 aromatic carbocycles. The molecule has 0 saturated carbocycles. The number of rotatable bonds is 4. The van der Waals surface area contributed by atoms with Crippen molar-refractivity contribution in [1.29, 1.82) is 0 Å². The van der Waals surface area contributed by atoms with E-state index in [9.17, 15) is 9.18 Å². The molecule has 8 heteroatoms. The van der Waals surface area contributed by atoms with Crippen molar-refractivity contribution in [2.45, 2.75) is 0 Å². The number of halogens is 2. The minimum atomic E-state index is -0.445. The van der Waals surface area contributed by atoms with Crippen molar-refractivity contribution in [3.05, 3.63) is 77.1 Å². The van der Waals surface area contributed by atoms with E-state index in [1.807, 2.05) is 18.2 Å². The lowest BCUT2D eigenvalue weighted by Crippen LogP contribution is -2.13. The number of fused-ring (bicyclic) bond motifs is 1. The number of hydrogen-bond donors (Lipinski definition) is 1. The summed E-state index contributed by atoms with van der Waals surface area (Å²) in [5, 5.41) is 7.60. The molecule has 0 aliphatic rings. The average molecular weight is 397 g/mol. The van der Waals surface area contributed by atoms with Crippen LogP contribution in [0, 0.1) is 5.82 Å². The van der Waals surface area contributed by atoms with Crippen LogP contribution in [-0.2, 0) is 0 Å². The van der Waals surface area contributed by atoms with Gasteiger partial charge in [-0.1, -0.05) is 23.7 Å². The Hall–Kier alpha value is -3.45. The molecule has 0 aliphatic heterocycles. The van der Waals surface area contributed by atoms with Crippen molar-refractivity contribution < 1.29 is 13.9 Å². The van der Waals surface area contributed by atoms with Gasteiger partial charge in [-0.2, -0.15) is 4.98 Å². The molecule has 1 N–H and O–H groups in total. The Bertz CT molecular complexity index is 1170. The highest BCUT2D eigenvalue weighted by molar-refractivity contribution is 6.30. The second-order valence-electron chi connectivity index (χ2n) is 5.93. The molecule has 2 heterocycles. The maximum absolute atomic E-state index is 13.1. The van der Waals surface area contributed by atoms with Gasteiger partial charge in [0, 0.05) is 16.1 Å². The zero-order valence-corrected chi connectivity index (χ0v) is 15.4. The third kappa shape index (κ3) is 3.39. The van der Waals surface area contributed by atoms with Crippen molar-refractivity contribution >= 4 is 29.1 Å². The molecular formula is C20H14ClFN4O2. The van der Waals surface area contributed by atoms with Gasteiger partial charge in [0.1, 0.15) is 5.82 Å². The van der Waals surface area contributed by atoms with Gasteiger partial charge in [0.05, 0.1) is 12.8 Å². The Morgan fingerprint density at radius 3 is 2.64 bits per heavy atom. The fourth-order valence-electron chi connectivity index (χ4n) is 2.79. The number of benzene rings is 2. The van der Waals surface area contributed by atoms with Gasteiger partial charge >= 0.3 is 0 Å². The fraction of sp³-hybridized carbons (Fsp3) is 0.0500. The molecule has 0 radical (unpaired) electrons. The van der Waals surface area contributed by atoms with Crippen LogP contribution >= 0.6 is 11.6 Å². The highest BCUT2D eigenvalue weighted by Crippen LogP contribution is 2.28. The highest BCUT2D eigenvalue weighted by Gasteiger charge is 2.16. The molecular weight excluding hydrogens is 383 g/mol. The Morgan fingerprint density at radius 2 is 1.93 bits per heavy atom. The summed E-state index contributed by atoms with van der Waals surface area (Å²) in [5.41, 5.74) is 2.30. The van der Waals surface area contributed by atoms with Gasteiger partial charge in [-0.15, -0.1) is 5.10 Å². The largest absolute Gasteiger partial charge is 0.493 e. The van der Waals surface area contributed by atoms with E-state index in [-0.39, 0.29) is 5.95 Å². The van der Waals surface area contributed by atoms with Gasteiger partial charge in [-0.25, -0.2) is 8.91 Å². The Morgan fingerprint density at radius 1 is 1.14 bits per heavy atom. The summed E-state index contributed by atoms with van der Waals surface area (Å²) in [6.07, 6.45) is 0. The van der Waals surface area contributed by atoms with Gasteiger partial charge in [-0.05, 0) is 48.5 Å². The molecule has 4 aromatic rings. The third-order valence-electron chi connectivity index (χ3n) is 4.12. The van der Waals surface area contributed by atoms with Crippen LogP contribution in [0.4, 0.5) is 10.3 Å². The molecule has 0 spiro atoms. The lowest BCUT2D eigenvalue weighted by atomic mass is 10.1. The van der Waals surface area contributed by atoms with Crippen LogP contribution in [0.3, 0.4) is 0 Å². The summed E-state index contributed by atoms with van der Waals surface area (Å²) < 4.78 is 20.0. The molecule has 0 unspecified atom stereocenters. The number of nitrogens with zero attached hydrogens (tertiary/aromatic N) is 3. The first kappa shape index (κ1) is 17.9. The van der Waals surface area contributed by atoms with Gasteiger partial charge < -0.3 is 4.74 Å². The number of aromatic nitrogens is 3. The number of ether oxygens (including phenoxy) is 1. The molecule has 0 bridgehead atoms. The number of carbonyl (C=O) groups is 1. The number of anilines is 1. The number of hydrogen-bond acceptors (Lipinski definition) is 4. The fourth-order valence-corrected chi connectivity index (χ4v) is 2.98. The molecule has 2 aromatic heterocycles. The van der Waals surface area contributed by atoms with Gasteiger partial charge in [0.15, 0.2) is 11.4 Å². The van der Waals surface area contributed by atoms with Crippen LogP contribution in [0.15, 0.2) is 60.7 Å². The molecule has 28 heavy (non-hydrogen) atoms. The number of amides is 1. The molecule has 0 aliphatic carbocycles. The summed E-state index contributed by atoms with van der Waals surface area (Å²) in [5.74, 6) is -0.264. The lowest BCUT2D eigenvalue weighted by Gasteiger charge is -2.07. The second kappa shape index (κ2) is 7.28. The minimum absolute atomic E-state index is 0.0992. The Balaban J connectivity index is 1.75. The van der Waals surface area contributed by atoms with E-state index in [0.29, 0.717) is 22.0 Å². The summed E-state index contributed by atoms with van der Waals surface area (Å²) in [6.45, 7) is 0. The molecule has 0 fully saturated rings. The van der Waals surface area contributed by atoms with Crippen molar-refractivity contribution in [3.8, 4) is 17.0 Å². The lowest BCUT2D eigenvalue weighted by molar-refractivity contribution is 0.102. The Kier molecular flexibility index (Phi) is 4.67. The van der Waals surface area contributed by atoms with Crippen LogP contribution in [0.1, 0.15) is 10.4 Å².